The SMILES string of the molecule is CCOC(=O)/C(C=Nc1cc2c(oc1=O)CC(C)(C)CC2=O)=C(/O)c1ccccc1. The number of aliphatic hydroxyl groups is 1. The van der Waals surface area contributed by atoms with Crippen LogP contribution in [0.3, 0.4) is 0 Å². The average Bonchev–Trinajstić information content (AvgIpc) is 2.68. The average molecular weight is 409 g/mol. The second-order valence-electron chi connectivity index (χ2n) is 7.80. The smallest absolute Gasteiger partial charge is 0.362 e. The zero-order valence-electron chi connectivity index (χ0n) is 17.1. The molecular formula is C23H23NO6. The van der Waals surface area contributed by atoms with Crippen molar-refractivity contribution in [2.24, 2.45) is 10.4 Å². The third-order valence-electron chi connectivity index (χ3n) is 4.72. The molecule has 0 amide bonds. The van der Waals surface area contributed by atoms with E-state index in [1.165, 1.54) is 6.07 Å². The molecule has 0 radical (unpaired) electrons. The molecule has 1 aliphatic rings. The lowest BCUT2D eigenvalue weighted by Crippen LogP contribution is -2.28. The highest BCUT2D eigenvalue weighted by Gasteiger charge is 2.33. The van der Waals surface area contributed by atoms with Gasteiger partial charge in [0.05, 0.1) is 12.2 Å². The summed E-state index contributed by atoms with van der Waals surface area (Å²) in [6, 6.07) is 9.79. The predicted octanol–water partition coefficient (Wildman–Crippen LogP) is 4.03. The first kappa shape index (κ1) is 21.2. The van der Waals surface area contributed by atoms with E-state index in [1.54, 1.807) is 37.3 Å². The zero-order valence-corrected chi connectivity index (χ0v) is 17.1. The van der Waals surface area contributed by atoms with Gasteiger partial charge in [0.2, 0.25) is 0 Å². The number of aliphatic imine (C=N–C) groups is 1. The standard InChI is InChI=1S/C23H23NO6/c1-4-29-21(27)16(20(26)14-8-6-5-7-9-14)13-24-17-10-15-18(25)11-23(2,3)12-19(15)30-22(17)28/h5-10,13,26H,4,11-12H2,1-3H3/b20-16+,24-13?. The molecule has 3 rings (SSSR count). The van der Waals surface area contributed by atoms with Gasteiger partial charge in [-0.3, -0.25) is 4.79 Å². The van der Waals surface area contributed by atoms with E-state index < -0.39 is 11.6 Å². The van der Waals surface area contributed by atoms with Crippen molar-refractivity contribution in [1.82, 2.24) is 0 Å². The van der Waals surface area contributed by atoms with Gasteiger partial charge in [-0.05, 0) is 18.4 Å². The summed E-state index contributed by atoms with van der Waals surface area (Å²) in [5.41, 5.74) is -0.654. The van der Waals surface area contributed by atoms with E-state index in [4.69, 9.17) is 9.15 Å². The number of aliphatic hydroxyl groups excluding tert-OH is 1. The number of hydrogen-bond donors (Lipinski definition) is 1. The van der Waals surface area contributed by atoms with E-state index >= 15 is 0 Å². The molecular weight excluding hydrogens is 386 g/mol. The van der Waals surface area contributed by atoms with E-state index in [2.05, 4.69) is 4.99 Å². The molecule has 7 heteroatoms. The number of nitrogens with zero attached hydrogens (tertiary/aromatic N) is 1. The molecule has 1 heterocycles. The van der Waals surface area contributed by atoms with Gasteiger partial charge in [0.15, 0.2) is 5.78 Å². The van der Waals surface area contributed by atoms with E-state index in [0.717, 1.165) is 6.21 Å². The van der Waals surface area contributed by atoms with Crippen molar-refractivity contribution in [3.8, 4) is 0 Å². The summed E-state index contributed by atoms with van der Waals surface area (Å²) in [5.74, 6) is -0.913. The molecule has 0 atom stereocenters. The Kier molecular flexibility index (Phi) is 6.01. The summed E-state index contributed by atoms with van der Waals surface area (Å²) in [4.78, 5) is 41.2. The molecule has 0 saturated heterocycles. The molecule has 0 bridgehead atoms. The number of benzene rings is 1. The van der Waals surface area contributed by atoms with Crippen LogP contribution in [0.1, 0.15) is 48.9 Å². The zero-order chi connectivity index (χ0) is 21.9. The number of ketones is 1. The van der Waals surface area contributed by atoms with Gasteiger partial charge in [-0.2, -0.15) is 0 Å². The van der Waals surface area contributed by atoms with Gasteiger partial charge in [0.1, 0.15) is 22.8 Å². The van der Waals surface area contributed by atoms with Crippen molar-refractivity contribution < 1.29 is 23.8 Å². The Morgan fingerprint density at radius 3 is 2.60 bits per heavy atom. The first-order valence-corrected chi connectivity index (χ1v) is 9.62. The van der Waals surface area contributed by atoms with Crippen molar-refractivity contribution >= 4 is 29.4 Å². The molecule has 0 fully saturated rings. The summed E-state index contributed by atoms with van der Waals surface area (Å²) in [6.45, 7) is 5.60. The number of rotatable bonds is 5. The van der Waals surface area contributed by atoms with Crippen molar-refractivity contribution in [1.29, 1.82) is 0 Å². The molecule has 2 aromatic rings. The molecule has 30 heavy (non-hydrogen) atoms. The van der Waals surface area contributed by atoms with Crippen molar-refractivity contribution in [2.75, 3.05) is 6.61 Å². The Labute approximate surface area is 173 Å². The highest BCUT2D eigenvalue weighted by molar-refractivity contribution is 6.15. The van der Waals surface area contributed by atoms with Crippen LogP contribution in [-0.2, 0) is 16.0 Å². The summed E-state index contributed by atoms with van der Waals surface area (Å²) in [5, 5.41) is 10.5. The van der Waals surface area contributed by atoms with Gasteiger partial charge >= 0.3 is 11.6 Å². The fourth-order valence-electron chi connectivity index (χ4n) is 3.28. The summed E-state index contributed by atoms with van der Waals surface area (Å²) in [6.07, 6.45) is 1.85. The Balaban J connectivity index is 2.03. The van der Waals surface area contributed by atoms with Gasteiger partial charge in [0.25, 0.3) is 0 Å². The van der Waals surface area contributed by atoms with E-state index in [9.17, 15) is 19.5 Å². The number of Topliss-reactive ketones (excluding diaryl/α,β-unsaturated/α-hetero) is 1. The maximum atomic E-state index is 12.5. The Hall–Kier alpha value is -3.48. The van der Waals surface area contributed by atoms with Crippen LogP contribution in [0, 0.1) is 5.41 Å². The lowest BCUT2D eigenvalue weighted by molar-refractivity contribution is -0.137. The molecule has 1 N–H and O–H groups in total. The molecule has 0 aliphatic heterocycles. The van der Waals surface area contributed by atoms with Crippen LogP contribution >= 0.6 is 0 Å². The van der Waals surface area contributed by atoms with Crippen LogP contribution < -0.4 is 5.63 Å². The van der Waals surface area contributed by atoms with Crippen LogP contribution in [0.2, 0.25) is 0 Å². The fraction of sp³-hybridized carbons (Fsp3) is 0.304. The maximum Gasteiger partial charge on any atom is 0.362 e. The maximum absolute atomic E-state index is 12.5. The fourth-order valence-corrected chi connectivity index (χ4v) is 3.28. The van der Waals surface area contributed by atoms with Crippen LogP contribution in [0.5, 0.6) is 0 Å². The number of fused-ring (bicyclic) bond motifs is 1. The Bertz CT molecular complexity index is 1090. The minimum Gasteiger partial charge on any atom is -0.506 e. The van der Waals surface area contributed by atoms with Gasteiger partial charge in [-0.25, -0.2) is 14.6 Å². The monoisotopic (exact) mass is 409 g/mol. The number of ether oxygens (including phenoxy) is 1. The lowest BCUT2D eigenvalue weighted by Gasteiger charge is -2.28. The molecule has 0 unspecified atom stereocenters. The molecule has 1 aromatic carbocycles. The van der Waals surface area contributed by atoms with Gasteiger partial charge in [-0.15, -0.1) is 0 Å². The molecule has 0 spiro atoms. The molecule has 156 valence electrons. The Morgan fingerprint density at radius 1 is 1.23 bits per heavy atom. The van der Waals surface area contributed by atoms with Crippen LogP contribution in [-0.4, -0.2) is 29.7 Å². The normalized spacial score (nSPS) is 16.2. The number of hydrogen-bond acceptors (Lipinski definition) is 7. The summed E-state index contributed by atoms with van der Waals surface area (Å²) in [7, 11) is 0. The quantitative estimate of drug-likeness (QED) is 0.346. The summed E-state index contributed by atoms with van der Waals surface area (Å²) >= 11 is 0. The van der Waals surface area contributed by atoms with Crippen molar-refractivity contribution in [2.45, 2.75) is 33.6 Å². The molecule has 7 nitrogen and oxygen atoms in total. The lowest BCUT2D eigenvalue weighted by atomic mass is 9.76. The number of esters is 1. The topological polar surface area (TPSA) is 106 Å². The van der Waals surface area contributed by atoms with E-state index in [0.29, 0.717) is 29.7 Å². The van der Waals surface area contributed by atoms with Gasteiger partial charge in [-0.1, -0.05) is 44.2 Å². The first-order valence-electron chi connectivity index (χ1n) is 9.62. The van der Waals surface area contributed by atoms with Crippen LogP contribution in [0.4, 0.5) is 5.69 Å². The highest BCUT2D eigenvalue weighted by atomic mass is 16.5. The molecule has 0 saturated carbocycles. The number of carbonyl (C=O) groups excluding carboxylic acids is 2. The number of carbonyl (C=O) groups is 2. The predicted molar refractivity (Wildman–Crippen MR) is 112 cm³/mol. The van der Waals surface area contributed by atoms with Gasteiger partial charge < -0.3 is 14.3 Å². The second-order valence-corrected chi connectivity index (χ2v) is 7.80. The third-order valence-corrected chi connectivity index (χ3v) is 4.72. The second kappa shape index (κ2) is 8.49. The minimum atomic E-state index is -0.789. The summed E-state index contributed by atoms with van der Waals surface area (Å²) < 4.78 is 10.3. The van der Waals surface area contributed by atoms with Gasteiger partial charge in [0, 0.05) is 24.6 Å². The van der Waals surface area contributed by atoms with Crippen molar-refractivity contribution in [3.63, 3.8) is 0 Å². The molecule has 1 aromatic heterocycles. The largest absolute Gasteiger partial charge is 0.506 e. The third kappa shape index (κ3) is 4.56. The molecule has 1 aliphatic carbocycles. The minimum absolute atomic E-state index is 0.101. The van der Waals surface area contributed by atoms with Crippen molar-refractivity contribution in [3.05, 3.63) is 69.3 Å². The van der Waals surface area contributed by atoms with Crippen LogP contribution in [0.15, 0.2) is 56.2 Å². The van der Waals surface area contributed by atoms with E-state index in [-0.39, 0.29) is 34.8 Å². The first-order chi connectivity index (χ1) is 14.2. The Morgan fingerprint density at radius 2 is 1.93 bits per heavy atom. The highest BCUT2D eigenvalue weighted by Crippen LogP contribution is 2.35. The van der Waals surface area contributed by atoms with Crippen LogP contribution in [0.25, 0.3) is 5.76 Å². The van der Waals surface area contributed by atoms with E-state index in [1.807, 2.05) is 13.8 Å².